The summed E-state index contributed by atoms with van der Waals surface area (Å²) in [5.41, 5.74) is 0. The smallest absolute Gasteiger partial charge is 0.223 e. The van der Waals surface area contributed by atoms with Gasteiger partial charge < -0.3 is 4.90 Å². The van der Waals surface area contributed by atoms with Gasteiger partial charge in [0.25, 0.3) is 0 Å². The minimum absolute atomic E-state index is 0.113. The number of Topliss-reactive ketones (excluding diaryl/α,β-unsaturated/α-hetero) is 1. The van der Waals surface area contributed by atoms with Crippen LogP contribution in [0.1, 0.15) is 71.6 Å². The van der Waals surface area contributed by atoms with Gasteiger partial charge in [0.1, 0.15) is 0 Å². The summed E-state index contributed by atoms with van der Waals surface area (Å²) in [6, 6.07) is -0.113. The molecule has 18 heavy (non-hydrogen) atoms. The monoisotopic (exact) mass is 253 g/mol. The Labute approximate surface area is 111 Å². The van der Waals surface area contributed by atoms with E-state index in [0.29, 0.717) is 12.8 Å². The average Bonchev–Trinajstić information content (AvgIpc) is 2.86. The van der Waals surface area contributed by atoms with Gasteiger partial charge in [-0.2, -0.15) is 0 Å². The van der Waals surface area contributed by atoms with Crippen molar-refractivity contribution < 1.29 is 9.59 Å². The molecule has 1 amide bonds. The maximum atomic E-state index is 12.1. The van der Waals surface area contributed by atoms with E-state index in [-0.39, 0.29) is 17.7 Å². The molecule has 1 rings (SSSR count). The molecule has 1 unspecified atom stereocenters. The standard InChI is InChI=1S/C15H27NO2/c1-3-5-6-7-8-11-15(18)16-12-9-10-13(16)14(17)4-2/h13H,3-12H2,1-2H3. The van der Waals surface area contributed by atoms with Crippen molar-refractivity contribution in [3.8, 4) is 0 Å². The van der Waals surface area contributed by atoms with Crippen molar-refractivity contribution in [2.24, 2.45) is 0 Å². The van der Waals surface area contributed by atoms with Crippen LogP contribution in [0, 0.1) is 0 Å². The van der Waals surface area contributed by atoms with Gasteiger partial charge in [-0.15, -0.1) is 0 Å². The number of hydrogen-bond acceptors (Lipinski definition) is 2. The lowest BCUT2D eigenvalue weighted by atomic mass is 10.1. The summed E-state index contributed by atoms with van der Waals surface area (Å²) in [6.45, 7) is 4.86. The van der Waals surface area contributed by atoms with Crippen LogP contribution in [0.25, 0.3) is 0 Å². The zero-order valence-electron chi connectivity index (χ0n) is 11.9. The second kappa shape index (κ2) is 8.28. The molecule has 0 aromatic heterocycles. The maximum absolute atomic E-state index is 12.1. The lowest BCUT2D eigenvalue weighted by molar-refractivity contribution is -0.137. The van der Waals surface area contributed by atoms with Gasteiger partial charge in [0, 0.05) is 19.4 Å². The van der Waals surface area contributed by atoms with E-state index in [2.05, 4.69) is 6.92 Å². The molecule has 0 saturated carbocycles. The highest BCUT2D eigenvalue weighted by atomic mass is 16.2. The first-order valence-electron chi connectivity index (χ1n) is 7.52. The van der Waals surface area contributed by atoms with Crippen molar-refractivity contribution in [3.05, 3.63) is 0 Å². The summed E-state index contributed by atoms with van der Waals surface area (Å²) in [4.78, 5) is 25.7. The van der Waals surface area contributed by atoms with Gasteiger partial charge in [-0.25, -0.2) is 0 Å². The lowest BCUT2D eigenvalue weighted by Crippen LogP contribution is -2.40. The Morgan fingerprint density at radius 2 is 1.83 bits per heavy atom. The summed E-state index contributed by atoms with van der Waals surface area (Å²) in [5, 5.41) is 0. The highest BCUT2D eigenvalue weighted by Gasteiger charge is 2.32. The van der Waals surface area contributed by atoms with Crippen molar-refractivity contribution in [3.63, 3.8) is 0 Å². The Morgan fingerprint density at radius 1 is 1.11 bits per heavy atom. The topological polar surface area (TPSA) is 37.4 Å². The normalized spacial score (nSPS) is 19.2. The molecule has 1 aliphatic rings. The third kappa shape index (κ3) is 4.43. The van der Waals surface area contributed by atoms with Gasteiger partial charge >= 0.3 is 0 Å². The molecule has 0 aromatic carbocycles. The van der Waals surface area contributed by atoms with Gasteiger partial charge in [0.05, 0.1) is 6.04 Å². The first-order valence-corrected chi connectivity index (χ1v) is 7.52. The molecule has 0 radical (unpaired) electrons. The number of nitrogens with zero attached hydrogens (tertiary/aromatic N) is 1. The maximum Gasteiger partial charge on any atom is 0.223 e. The highest BCUT2D eigenvalue weighted by Crippen LogP contribution is 2.21. The van der Waals surface area contributed by atoms with E-state index >= 15 is 0 Å². The molecule has 3 nitrogen and oxygen atoms in total. The number of hydrogen-bond donors (Lipinski definition) is 0. The third-order valence-electron chi connectivity index (χ3n) is 3.79. The van der Waals surface area contributed by atoms with Crippen molar-refractivity contribution in [1.29, 1.82) is 0 Å². The Kier molecular flexibility index (Phi) is 6.99. The number of amides is 1. The van der Waals surface area contributed by atoms with E-state index in [1.165, 1.54) is 19.3 Å². The van der Waals surface area contributed by atoms with Crippen LogP contribution in [0.5, 0.6) is 0 Å². The average molecular weight is 253 g/mol. The fourth-order valence-electron chi connectivity index (χ4n) is 2.66. The van der Waals surface area contributed by atoms with Crippen LogP contribution in [0.2, 0.25) is 0 Å². The largest absolute Gasteiger partial charge is 0.333 e. The SMILES string of the molecule is CCCCCCCC(=O)N1CCCC1C(=O)CC. The number of likely N-dealkylation sites (tertiary alicyclic amines) is 1. The van der Waals surface area contributed by atoms with E-state index in [0.717, 1.165) is 32.2 Å². The van der Waals surface area contributed by atoms with Gasteiger partial charge in [-0.1, -0.05) is 39.5 Å². The first kappa shape index (κ1) is 15.2. The number of carbonyl (C=O) groups excluding carboxylic acids is 2. The van der Waals surface area contributed by atoms with E-state index in [1.54, 1.807) is 0 Å². The Bertz CT molecular complexity index is 276. The molecule has 1 saturated heterocycles. The van der Waals surface area contributed by atoms with E-state index in [9.17, 15) is 9.59 Å². The second-order valence-corrected chi connectivity index (χ2v) is 5.23. The molecule has 0 spiro atoms. The quantitative estimate of drug-likeness (QED) is 0.622. The van der Waals surface area contributed by atoms with Crippen LogP contribution in [-0.2, 0) is 9.59 Å². The molecular weight excluding hydrogens is 226 g/mol. The third-order valence-corrected chi connectivity index (χ3v) is 3.79. The Morgan fingerprint density at radius 3 is 2.50 bits per heavy atom. The molecule has 1 atom stereocenters. The minimum Gasteiger partial charge on any atom is -0.333 e. The summed E-state index contributed by atoms with van der Waals surface area (Å²) >= 11 is 0. The molecule has 1 fully saturated rings. The first-order chi connectivity index (χ1) is 8.70. The highest BCUT2D eigenvalue weighted by molar-refractivity contribution is 5.89. The van der Waals surface area contributed by atoms with Gasteiger partial charge in [-0.3, -0.25) is 9.59 Å². The fraction of sp³-hybridized carbons (Fsp3) is 0.867. The summed E-state index contributed by atoms with van der Waals surface area (Å²) in [6.07, 6.45) is 8.85. The Hall–Kier alpha value is -0.860. The molecule has 0 aliphatic carbocycles. The van der Waals surface area contributed by atoms with E-state index in [1.807, 2.05) is 11.8 Å². The van der Waals surface area contributed by atoms with Gasteiger partial charge in [0.2, 0.25) is 5.91 Å². The molecule has 1 heterocycles. The molecule has 1 aliphatic heterocycles. The van der Waals surface area contributed by atoms with Gasteiger partial charge in [-0.05, 0) is 19.3 Å². The fourth-order valence-corrected chi connectivity index (χ4v) is 2.66. The summed E-state index contributed by atoms with van der Waals surface area (Å²) in [7, 11) is 0. The van der Waals surface area contributed by atoms with E-state index < -0.39 is 0 Å². The predicted octanol–water partition coefficient (Wildman–Crippen LogP) is 3.32. The Balaban J connectivity index is 2.29. The lowest BCUT2D eigenvalue weighted by Gasteiger charge is -2.23. The molecule has 0 bridgehead atoms. The zero-order chi connectivity index (χ0) is 13.4. The molecular formula is C15H27NO2. The minimum atomic E-state index is -0.113. The number of unbranched alkanes of at least 4 members (excludes halogenated alkanes) is 4. The molecule has 0 aromatic rings. The zero-order valence-corrected chi connectivity index (χ0v) is 11.9. The van der Waals surface area contributed by atoms with Crippen molar-refractivity contribution in [1.82, 2.24) is 4.90 Å². The predicted molar refractivity (Wildman–Crippen MR) is 73.4 cm³/mol. The van der Waals surface area contributed by atoms with Crippen LogP contribution in [0.15, 0.2) is 0 Å². The van der Waals surface area contributed by atoms with Crippen LogP contribution in [0.4, 0.5) is 0 Å². The van der Waals surface area contributed by atoms with Crippen molar-refractivity contribution >= 4 is 11.7 Å². The molecule has 0 N–H and O–H groups in total. The van der Waals surface area contributed by atoms with Crippen LogP contribution in [-0.4, -0.2) is 29.2 Å². The van der Waals surface area contributed by atoms with Gasteiger partial charge in [0.15, 0.2) is 5.78 Å². The number of carbonyl (C=O) groups is 2. The number of ketones is 1. The van der Waals surface area contributed by atoms with Crippen molar-refractivity contribution in [2.45, 2.75) is 77.7 Å². The van der Waals surface area contributed by atoms with Crippen molar-refractivity contribution in [2.75, 3.05) is 6.54 Å². The number of rotatable bonds is 8. The summed E-state index contributed by atoms with van der Waals surface area (Å²) in [5.74, 6) is 0.419. The van der Waals surface area contributed by atoms with Crippen LogP contribution >= 0.6 is 0 Å². The van der Waals surface area contributed by atoms with Crippen LogP contribution in [0.3, 0.4) is 0 Å². The second-order valence-electron chi connectivity index (χ2n) is 5.23. The molecule has 3 heteroatoms. The molecule has 104 valence electrons. The summed E-state index contributed by atoms with van der Waals surface area (Å²) < 4.78 is 0. The van der Waals surface area contributed by atoms with Crippen LogP contribution < -0.4 is 0 Å². The van der Waals surface area contributed by atoms with E-state index in [4.69, 9.17) is 0 Å².